The third-order valence-electron chi connectivity index (χ3n) is 3.49. The standard InChI is InChI=1S/C20H14F2NO4.K/c1-25-20(24)13-2-7-17(8-3-13)27-23-18-12-15(22)6-11-19(18)26-16-9-4-14(21)5-10-16;/h2-12H,1H3;/q-1;+1. The molecule has 0 spiro atoms. The van der Waals surface area contributed by atoms with Crippen LogP contribution in [0.5, 0.6) is 17.2 Å². The average molecular weight is 409 g/mol. The van der Waals surface area contributed by atoms with Gasteiger partial charge in [-0.3, -0.25) is 0 Å². The van der Waals surface area contributed by atoms with Gasteiger partial charge < -0.3 is 19.8 Å². The van der Waals surface area contributed by atoms with Crippen molar-refractivity contribution < 1.29 is 79.3 Å². The topological polar surface area (TPSA) is 58.9 Å². The van der Waals surface area contributed by atoms with E-state index in [-0.39, 0.29) is 62.8 Å². The predicted octanol–water partition coefficient (Wildman–Crippen LogP) is 2.55. The van der Waals surface area contributed by atoms with Gasteiger partial charge in [-0.1, -0.05) is 5.69 Å². The molecule has 0 aliphatic heterocycles. The molecule has 0 aliphatic rings. The summed E-state index contributed by atoms with van der Waals surface area (Å²) < 4.78 is 36.8. The van der Waals surface area contributed by atoms with Gasteiger partial charge in [0, 0.05) is 0 Å². The van der Waals surface area contributed by atoms with Crippen LogP contribution in [0.1, 0.15) is 10.4 Å². The first-order valence-corrected chi connectivity index (χ1v) is 7.84. The number of hydrogen-bond donors (Lipinski definition) is 0. The summed E-state index contributed by atoms with van der Waals surface area (Å²) >= 11 is 0. The molecule has 0 unspecified atom stereocenters. The minimum atomic E-state index is -0.523. The zero-order valence-electron chi connectivity index (χ0n) is 15.2. The second-order valence-corrected chi connectivity index (χ2v) is 5.37. The number of nitrogens with zero attached hydrogens (tertiary/aromatic N) is 1. The Morgan fingerprint density at radius 3 is 2.11 bits per heavy atom. The minimum Gasteiger partial charge on any atom is -0.557 e. The van der Waals surface area contributed by atoms with Crippen molar-refractivity contribution in [3.05, 3.63) is 89.4 Å². The Kier molecular flexibility index (Phi) is 8.40. The summed E-state index contributed by atoms with van der Waals surface area (Å²) in [5.41, 5.74) is 4.36. The molecule has 0 fully saturated rings. The van der Waals surface area contributed by atoms with Gasteiger partial charge in [-0.15, -0.1) is 0 Å². The van der Waals surface area contributed by atoms with E-state index in [1.807, 2.05) is 0 Å². The number of rotatable bonds is 6. The quantitative estimate of drug-likeness (QED) is 0.357. The van der Waals surface area contributed by atoms with Gasteiger partial charge >= 0.3 is 57.4 Å². The Morgan fingerprint density at radius 2 is 1.46 bits per heavy atom. The van der Waals surface area contributed by atoms with Crippen LogP contribution in [0.15, 0.2) is 66.7 Å². The van der Waals surface area contributed by atoms with Crippen LogP contribution >= 0.6 is 0 Å². The van der Waals surface area contributed by atoms with Gasteiger partial charge in [0.1, 0.15) is 28.9 Å². The molecule has 8 heteroatoms. The second-order valence-electron chi connectivity index (χ2n) is 5.37. The maximum absolute atomic E-state index is 13.6. The van der Waals surface area contributed by atoms with E-state index < -0.39 is 17.6 Å². The Bertz CT molecular complexity index is 934. The molecule has 0 aliphatic carbocycles. The third kappa shape index (κ3) is 6.01. The fourth-order valence-electron chi connectivity index (χ4n) is 2.15. The van der Waals surface area contributed by atoms with Crippen LogP contribution in [0.3, 0.4) is 0 Å². The van der Waals surface area contributed by atoms with Crippen LogP contribution in [0.25, 0.3) is 5.48 Å². The largest absolute Gasteiger partial charge is 1.00 e. The molecule has 0 aromatic heterocycles. The Hall–Kier alpha value is -1.97. The molecule has 3 rings (SSSR count). The number of esters is 1. The molecule has 0 saturated heterocycles. The molecule has 5 nitrogen and oxygen atoms in total. The SMILES string of the molecule is COC(=O)c1ccc(O[N-]c2cc(F)ccc2Oc2ccc(F)cc2)cc1.[K+]. The van der Waals surface area contributed by atoms with Crippen molar-refractivity contribution in [3.8, 4) is 17.2 Å². The van der Waals surface area contributed by atoms with Gasteiger partial charge in [-0.05, 0) is 66.7 Å². The first-order chi connectivity index (χ1) is 13.0. The average Bonchev–Trinajstić information content (AvgIpc) is 2.69. The van der Waals surface area contributed by atoms with Gasteiger partial charge in [0.15, 0.2) is 0 Å². The summed E-state index contributed by atoms with van der Waals surface area (Å²) in [7, 11) is 1.29. The van der Waals surface area contributed by atoms with Crippen molar-refractivity contribution in [3.63, 3.8) is 0 Å². The zero-order chi connectivity index (χ0) is 19.2. The summed E-state index contributed by atoms with van der Waals surface area (Å²) in [5.74, 6) is -0.468. The van der Waals surface area contributed by atoms with E-state index >= 15 is 0 Å². The first kappa shape index (κ1) is 22.3. The summed E-state index contributed by atoms with van der Waals surface area (Å²) in [6.45, 7) is 0. The molecule has 0 N–H and O–H groups in total. The number of benzene rings is 3. The Morgan fingerprint density at radius 1 is 0.857 bits per heavy atom. The van der Waals surface area contributed by atoms with Crippen molar-refractivity contribution >= 4 is 11.7 Å². The number of methoxy groups -OCH3 is 1. The molecule has 3 aromatic carbocycles. The van der Waals surface area contributed by atoms with Gasteiger partial charge in [0.05, 0.1) is 12.7 Å². The molecule has 0 saturated carbocycles. The van der Waals surface area contributed by atoms with Crippen LogP contribution in [-0.4, -0.2) is 13.1 Å². The van der Waals surface area contributed by atoms with Crippen LogP contribution < -0.4 is 61.0 Å². The molecule has 28 heavy (non-hydrogen) atoms. The van der Waals surface area contributed by atoms with E-state index in [0.717, 1.165) is 6.07 Å². The third-order valence-corrected chi connectivity index (χ3v) is 3.49. The maximum Gasteiger partial charge on any atom is 1.00 e. The molecular weight excluding hydrogens is 395 g/mol. The van der Waals surface area contributed by atoms with Crippen molar-refractivity contribution in [2.75, 3.05) is 7.11 Å². The molecule has 0 radical (unpaired) electrons. The van der Waals surface area contributed by atoms with Crippen LogP contribution in [0.2, 0.25) is 0 Å². The maximum atomic E-state index is 13.6. The summed E-state index contributed by atoms with van der Waals surface area (Å²) in [6.07, 6.45) is 0. The van der Waals surface area contributed by atoms with Crippen molar-refractivity contribution in [2.24, 2.45) is 0 Å². The molecule has 0 heterocycles. The van der Waals surface area contributed by atoms with Gasteiger partial charge in [-0.25, -0.2) is 13.6 Å². The summed E-state index contributed by atoms with van der Waals surface area (Å²) in [4.78, 5) is 16.7. The van der Waals surface area contributed by atoms with Crippen molar-refractivity contribution in [1.82, 2.24) is 0 Å². The van der Waals surface area contributed by atoms with E-state index in [0.29, 0.717) is 17.1 Å². The monoisotopic (exact) mass is 409 g/mol. The number of ether oxygens (including phenoxy) is 2. The number of carbonyl (C=O) groups is 1. The van der Waals surface area contributed by atoms with Gasteiger partial charge in [-0.2, -0.15) is 0 Å². The van der Waals surface area contributed by atoms with Crippen molar-refractivity contribution in [2.45, 2.75) is 0 Å². The Balaban J connectivity index is 0.00000280. The van der Waals surface area contributed by atoms with E-state index in [2.05, 4.69) is 10.2 Å². The fraction of sp³-hybridized carbons (Fsp3) is 0.0500. The molecule has 0 atom stereocenters. The zero-order valence-corrected chi connectivity index (χ0v) is 18.3. The molecule has 0 amide bonds. The number of hydrogen-bond acceptors (Lipinski definition) is 4. The smallest absolute Gasteiger partial charge is 0.557 e. The molecule has 3 aromatic rings. The van der Waals surface area contributed by atoms with E-state index in [1.165, 1.54) is 67.8 Å². The summed E-state index contributed by atoms with van der Waals surface area (Å²) in [5, 5.41) is 0. The molecule has 138 valence electrons. The van der Waals surface area contributed by atoms with E-state index in [4.69, 9.17) is 9.57 Å². The van der Waals surface area contributed by atoms with Crippen LogP contribution in [-0.2, 0) is 4.74 Å². The molecular formula is C20H14F2KNO4. The predicted molar refractivity (Wildman–Crippen MR) is 94.3 cm³/mol. The normalized spacial score (nSPS) is 9.82. The van der Waals surface area contributed by atoms with Gasteiger partial charge in [0.25, 0.3) is 0 Å². The van der Waals surface area contributed by atoms with Gasteiger partial charge in [0.2, 0.25) is 0 Å². The molecule has 0 bridgehead atoms. The number of carbonyl (C=O) groups excluding carboxylic acids is 1. The van der Waals surface area contributed by atoms with Crippen molar-refractivity contribution in [1.29, 1.82) is 0 Å². The number of halogens is 2. The summed E-state index contributed by atoms with van der Waals surface area (Å²) in [6, 6.07) is 15.2. The van der Waals surface area contributed by atoms with E-state index in [9.17, 15) is 13.6 Å². The fourth-order valence-corrected chi connectivity index (χ4v) is 2.15. The second kappa shape index (κ2) is 10.5. The Labute approximate surface area is 203 Å². The van der Waals surface area contributed by atoms with E-state index in [1.54, 1.807) is 0 Å². The van der Waals surface area contributed by atoms with Crippen LogP contribution in [0, 0.1) is 11.6 Å². The first-order valence-electron chi connectivity index (χ1n) is 7.84. The van der Waals surface area contributed by atoms with Crippen LogP contribution in [0.4, 0.5) is 14.5 Å². The minimum absolute atomic E-state index is 0.